The maximum Gasteiger partial charge on any atom is 0.270 e. The molecule has 1 aliphatic heterocycles. The Balaban J connectivity index is 1.60. The highest BCUT2D eigenvalue weighted by Crippen LogP contribution is 2.31. The fourth-order valence-corrected chi connectivity index (χ4v) is 3.99. The van der Waals surface area contributed by atoms with E-state index in [1.54, 1.807) is 48.5 Å². The van der Waals surface area contributed by atoms with Crippen molar-refractivity contribution in [2.75, 3.05) is 12.0 Å². The Kier molecular flexibility index (Phi) is 7.35. The van der Waals surface area contributed by atoms with Gasteiger partial charge in [0.05, 0.1) is 17.8 Å². The van der Waals surface area contributed by atoms with Crippen LogP contribution in [0.15, 0.2) is 66.2 Å². The molecule has 1 saturated heterocycles. The lowest BCUT2D eigenvalue weighted by Gasteiger charge is -2.29. The van der Waals surface area contributed by atoms with Crippen LogP contribution in [0.2, 0.25) is 10.0 Å². The summed E-state index contributed by atoms with van der Waals surface area (Å²) in [4.78, 5) is 26.9. The van der Waals surface area contributed by atoms with Gasteiger partial charge in [0, 0.05) is 10.6 Å². The number of nitrogens with one attached hydrogen (secondary N) is 1. The number of benzene rings is 3. The average Bonchev–Trinajstić information content (AvgIpc) is 2.83. The highest BCUT2D eigenvalue weighted by Gasteiger charge is 2.34. The normalized spacial score (nSPS) is 14.8. The van der Waals surface area contributed by atoms with Crippen molar-refractivity contribution in [3.63, 3.8) is 0 Å². The van der Waals surface area contributed by atoms with Gasteiger partial charge in [-0.1, -0.05) is 35.3 Å². The van der Waals surface area contributed by atoms with Gasteiger partial charge < -0.3 is 9.47 Å². The fraction of sp³-hybridized carbons (Fsp3) is 0.0800. The molecule has 3 aromatic carbocycles. The molecule has 35 heavy (non-hydrogen) atoms. The number of halogens is 3. The van der Waals surface area contributed by atoms with Gasteiger partial charge in [-0.3, -0.25) is 19.8 Å². The summed E-state index contributed by atoms with van der Waals surface area (Å²) in [5, 5.41) is 3.23. The summed E-state index contributed by atoms with van der Waals surface area (Å²) in [6.45, 7) is -0.114. The number of thiocarbonyl (C=S) groups is 1. The Morgan fingerprint density at radius 2 is 1.80 bits per heavy atom. The van der Waals surface area contributed by atoms with Gasteiger partial charge in [-0.2, -0.15) is 0 Å². The van der Waals surface area contributed by atoms with Crippen molar-refractivity contribution in [2.45, 2.75) is 6.61 Å². The van der Waals surface area contributed by atoms with E-state index in [-0.39, 0.29) is 27.9 Å². The second-order valence-corrected chi connectivity index (χ2v) is 8.56. The molecule has 178 valence electrons. The van der Waals surface area contributed by atoms with Gasteiger partial charge in [0.1, 0.15) is 18.0 Å². The lowest BCUT2D eigenvalue weighted by Crippen LogP contribution is -2.54. The molecule has 6 nitrogen and oxygen atoms in total. The van der Waals surface area contributed by atoms with E-state index in [1.165, 1.54) is 30.2 Å². The van der Waals surface area contributed by atoms with Crippen LogP contribution in [-0.4, -0.2) is 24.0 Å². The molecule has 0 aliphatic carbocycles. The summed E-state index contributed by atoms with van der Waals surface area (Å²) in [6, 6.07) is 15.7. The third-order valence-corrected chi connectivity index (χ3v) is 6.01. The molecule has 0 unspecified atom stereocenters. The van der Waals surface area contributed by atoms with Gasteiger partial charge in [-0.05, 0) is 72.4 Å². The molecule has 1 heterocycles. The van der Waals surface area contributed by atoms with Crippen LogP contribution in [0.25, 0.3) is 6.08 Å². The van der Waals surface area contributed by atoms with Gasteiger partial charge in [-0.25, -0.2) is 4.39 Å². The zero-order valence-electron chi connectivity index (χ0n) is 18.2. The maximum atomic E-state index is 14.0. The van der Waals surface area contributed by atoms with E-state index in [9.17, 15) is 14.0 Å². The van der Waals surface area contributed by atoms with E-state index in [0.29, 0.717) is 27.8 Å². The quantitative estimate of drug-likeness (QED) is 0.257. The number of hydrogen-bond acceptors (Lipinski definition) is 5. The number of carbonyl (C=O) groups is 2. The van der Waals surface area contributed by atoms with Gasteiger partial charge in [-0.15, -0.1) is 0 Å². The molecule has 2 amide bonds. The van der Waals surface area contributed by atoms with Gasteiger partial charge >= 0.3 is 0 Å². The number of nitrogens with zero attached hydrogens (tertiary/aromatic N) is 1. The molecule has 3 aromatic rings. The van der Waals surface area contributed by atoms with Crippen molar-refractivity contribution in [1.82, 2.24) is 5.32 Å². The van der Waals surface area contributed by atoms with Crippen LogP contribution in [0.1, 0.15) is 11.1 Å². The number of methoxy groups -OCH3 is 1. The van der Waals surface area contributed by atoms with E-state index < -0.39 is 17.6 Å². The van der Waals surface area contributed by atoms with E-state index in [1.807, 2.05) is 0 Å². The monoisotopic (exact) mass is 530 g/mol. The van der Waals surface area contributed by atoms with Gasteiger partial charge in [0.15, 0.2) is 16.6 Å². The van der Waals surface area contributed by atoms with Crippen molar-refractivity contribution in [2.24, 2.45) is 0 Å². The van der Waals surface area contributed by atoms with Crippen molar-refractivity contribution in [3.05, 3.63) is 93.2 Å². The fourth-order valence-electron chi connectivity index (χ4n) is 3.36. The van der Waals surface area contributed by atoms with Crippen molar-refractivity contribution in [3.8, 4) is 11.5 Å². The van der Waals surface area contributed by atoms with Crippen LogP contribution in [-0.2, 0) is 16.2 Å². The molecule has 0 saturated carbocycles. The van der Waals surface area contributed by atoms with Crippen LogP contribution >= 0.6 is 35.4 Å². The molecule has 0 aromatic heterocycles. The molecule has 0 bridgehead atoms. The molecule has 1 N–H and O–H groups in total. The molecule has 0 atom stereocenters. The molecular weight excluding hydrogens is 514 g/mol. The lowest BCUT2D eigenvalue weighted by molar-refractivity contribution is -0.122. The average molecular weight is 531 g/mol. The van der Waals surface area contributed by atoms with Gasteiger partial charge in [0.25, 0.3) is 11.8 Å². The smallest absolute Gasteiger partial charge is 0.270 e. The van der Waals surface area contributed by atoms with Gasteiger partial charge in [0.2, 0.25) is 0 Å². The third-order valence-electron chi connectivity index (χ3n) is 5.12. The van der Waals surface area contributed by atoms with E-state index in [0.717, 1.165) is 0 Å². The van der Waals surface area contributed by atoms with E-state index in [2.05, 4.69) is 5.32 Å². The maximum absolute atomic E-state index is 14.0. The van der Waals surface area contributed by atoms with Crippen LogP contribution in [0.5, 0.6) is 11.5 Å². The Labute approximate surface area is 215 Å². The predicted molar refractivity (Wildman–Crippen MR) is 136 cm³/mol. The standard InChI is InChI=1S/C25H17Cl2FN2O4S/c1-33-22-12-14(5-10-21(22)34-13-18-19(27)3-2-4-20(18)28)11-17-23(31)29-25(35)30(24(17)32)16-8-6-15(26)7-9-16/h2-12H,13H2,1H3,(H,29,31,35). The number of rotatable bonds is 6. The van der Waals surface area contributed by atoms with Crippen molar-refractivity contribution >= 4 is 64.1 Å². The molecule has 0 spiro atoms. The topological polar surface area (TPSA) is 67.9 Å². The Hall–Kier alpha value is -3.46. The molecule has 10 heteroatoms. The van der Waals surface area contributed by atoms with Crippen LogP contribution in [0.3, 0.4) is 0 Å². The highest BCUT2D eigenvalue weighted by atomic mass is 35.5. The lowest BCUT2D eigenvalue weighted by atomic mass is 10.1. The first kappa shape index (κ1) is 24.7. The molecule has 4 rings (SSSR count). The van der Waals surface area contributed by atoms with E-state index in [4.69, 9.17) is 44.9 Å². The minimum Gasteiger partial charge on any atom is -0.493 e. The van der Waals surface area contributed by atoms with Crippen molar-refractivity contribution < 1.29 is 23.5 Å². The Morgan fingerprint density at radius 1 is 1.06 bits per heavy atom. The SMILES string of the molecule is COc1cc(C=C2C(=O)NC(=S)N(c3ccc(Cl)cc3)C2=O)ccc1OCc1c(F)cccc1Cl. The summed E-state index contributed by atoms with van der Waals surface area (Å²) in [6.07, 6.45) is 1.42. The van der Waals surface area contributed by atoms with Crippen LogP contribution in [0, 0.1) is 5.82 Å². The first-order valence-electron chi connectivity index (χ1n) is 10.2. The number of anilines is 1. The van der Waals surface area contributed by atoms with Crippen LogP contribution < -0.4 is 19.7 Å². The summed E-state index contributed by atoms with van der Waals surface area (Å²) < 4.78 is 25.1. The number of hydrogen-bond donors (Lipinski definition) is 1. The Bertz CT molecular complexity index is 1340. The second kappa shape index (κ2) is 10.4. The molecule has 1 fully saturated rings. The first-order valence-corrected chi connectivity index (χ1v) is 11.4. The first-order chi connectivity index (χ1) is 16.8. The van der Waals surface area contributed by atoms with E-state index >= 15 is 0 Å². The summed E-state index contributed by atoms with van der Waals surface area (Å²) >= 11 is 17.2. The summed E-state index contributed by atoms with van der Waals surface area (Å²) in [7, 11) is 1.44. The molecular formula is C25H17Cl2FN2O4S. The molecule has 0 radical (unpaired) electrons. The van der Waals surface area contributed by atoms with Crippen LogP contribution in [0.4, 0.5) is 10.1 Å². The zero-order valence-corrected chi connectivity index (χ0v) is 20.5. The molecule has 1 aliphatic rings. The van der Waals surface area contributed by atoms with Crippen molar-refractivity contribution in [1.29, 1.82) is 0 Å². The highest BCUT2D eigenvalue weighted by molar-refractivity contribution is 7.80. The number of ether oxygens (including phenoxy) is 2. The summed E-state index contributed by atoms with van der Waals surface area (Å²) in [5.74, 6) is -1.05. The number of amides is 2. The minimum atomic E-state index is -0.626. The minimum absolute atomic E-state index is 0.0346. The predicted octanol–water partition coefficient (Wildman–Crippen LogP) is 5.55. The zero-order chi connectivity index (χ0) is 25.1. The Morgan fingerprint density at radius 3 is 2.49 bits per heavy atom. The number of carbonyl (C=O) groups excluding carboxylic acids is 2. The second-order valence-electron chi connectivity index (χ2n) is 7.33. The summed E-state index contributed by atoms with van der Waals surface area (Å²) in [5.41, 5.74) is 1.05. The largest absolute Gasteiger partial charge is 0.493 e. The third kappa shape index (κ3) is 5.30.